The molecule has 0 aliphatic heterocycles. The molecule has 2 aromatic carbocycles. The van der Waals surface area contributed by atoms with Crippen LogP contribution in [0.25, 0.3) is 21.8 Å². The number of hydrogen-bond donors (Lipinski definition) is 1. The van der Waals surface area contributed by atoms with E-state index in [1.54, 1.807) is 11.3 Å². The van der Waals surface area contributed by atoms with Gasteiger partial charge in [0.2, 0.25) is 17.6 Å². The molecule has 0 fully saturated rings. The van der Waals surface area contributed by atoms with E-state index in [4.69, 9.17) is 4.52 Å². The van der Waals surface area contributed by atoms with Crippen molar-refractivity contribution < 1.29 is 9.32 Å². The fraction of sp³-hybridized carbons (Fsp3) is 0.136. The summed E-state index contributed by atoms with van der Waals surface area (Å²) in [4.78, 5) is 17.7. The van der Waals surface area contributed by atoms with Gasteiger partial charge in [0, 0.05) is 18.5 Å². The molecule has 0 saturated heterocycles. The molecule has 6 heteroatoms. The number of nitrogens with zero attached hydrogens (tertiary/aromatic N) is 2. The first-order chi connectivity index (χ1) is 13.8. The molecule has 1 aliphatic carbocycles. The van der Waals surface area contributed by atoms with Crippen LogP contribution in [0.5, 0.6) is 0 Å². The maximum atomic E-state index is 12.4. The summed E-state index contributed by atoms with van der Waals surface area (Å²) >= 11 is 1.56. The Hall–Kier alpha value is -3.25. The van der Waals surface area contributed by atoms with E-state index >= 15 is 0 Å². The van der Waals surface area contributed by atoms with E-state index in [1.807, 2.05) is 29.6 Å². The van der Waals surface area contributed by atoms with Crippen LogP contribution in [-0.2, 0) is 17.6 Å². The second-order valence-electron chi connectivity index (χ2n) is 6.74. The molecule has 0 saturated carbocycles. The number of amides is 1. The van der Waals surface area contributed by atoms with Crippen LogP contribution in [-0.4, -0.2) is 16.0 Å². The zero-order valence-corrected chi connectivity index (χ0v) is 15.8. The highest BCUT2D eigenvalue weighted by molar-refractivity contribution is 7.13. The molecule has 0 bridgehead atoms. The molecule has 2 heterocycles. The Bertz CT molecular complexity index is 1150. The molecule has 1 N–H and O–H groups in total. The monoisotopic (exact) mass is 387 g/mol. The van der Waals surface area contributed by atoms with Gasteiger partial charge in [-0.1, -0.05) is 41.6 Å². The largest absolute Gasteiger partial charge is 0.339 e. The van der Waals surface area contributed by atoms with Gasteiger partial charge in [0.1, 0.15) is 0 Å². The summed E-state index contributed by atoms with van der Waals surface area (Å²) in [5.41, 5.74) is 5.89. The number of aryl methyl sites for hydroxylation is 1. The van der Waals surface area contributed by atoms with E-state index in [2.05, 4.69) is 45.8 Å². The van der Waals surface area contributed by atoms with Gasteiger partial charge in [-0.15, -0.1) is 11.3 Å². The van der Waals surface area contributed by atoms with Crippen LogP contribution in [0.2, 0.25) is 0 Å². The van der Waals surface area contributed by atoms with Gasteiger partial charge >= 0.3 is 0 Å². The SMILES string of the molecule is O=C(CCc1nc(-c2cccs2)no1)Nc1ccc2c(c1)-c1ccccc1C2. The summed E-state index contributed by atoms with van der Waals surface area (Å²) < 4.78 is 5.25. The number of aromatic nitrogens is 2. The van der Waals surface area contributed by atoms with Crippen molar-refractivity contribution in [3.8, 4) is 21.8 Å². The van der Waals surface area contributed by atoms with Crippen molar-refractivity contribution in [2.24, 2.45) is 0 Å². The number of carbonyl (C=O) groups is 1. The summed E-state index contributed by atoms with van der Waals surface area (Å²) in [5, 5.41) is 8.92. The van der Waals surface area contributed by atoms with Gasteiger partial charge < -0.3 is 9.84 Å². The summed E-state index contributed by atoms with van der Waals surface area (Å²) in [6, 6.07) is 18.4. The molecule has 1 aliphatic rings. The minimum atomic E-state index is -0.0675. The Kier molecular flexibility index (Phi) is 4.25. The number of hydrogen-bond acceptors (Lipinski definition) is 5. The van der Waals surface area contributed by atoms with Crippen LogP contribution in [0.15, 0.2) is 64.5 Å². The topological polar surface area (TPSA) is 68.0 Å². The van der Waals surface area contributed by atoms with Gasteiger partial charge in [-0.3, -0.25) is 4.79 Å². The van der Waals surface area contributed by atoms with Gasteiger partial charge in [0.15, 0.2) is 0 Å². The van der Waals surface area contributed by atoms with Gasteiger partial charge in [-0.25, -0.2) is 0 Å². The molecule has 28 heavy (non-hydrogen) atoms. The predicted molar refractivity (Wildman–Crippen MR) is 109 cm³/mol. The minimum absolute atomic E-state index is 0.0675. The molecule has 1 amide bonds. The number of rotatable bonds is 5. The number of fused-ring (bicyclic) bond motifs is 3. The third-order valence-corrected chi connectivity index (χ3v) is 5.72. The summed E-state index contributed by atoms with van der Waals surface area (Å²) in [5.74, 6) is 0.978. The highest BCUT2D eigenvalue weighted by atomic mass is 32.1. The van der Waals surface area contributed by atoms with Crippen LogP contribution >= 0.6 is 11.3 Å². The van der Waals surface area contributed by atoms with E-state index in [9.17, 15) is 4.79 Å². The first-order valence-electron chi connectivity index (χ1n) is 9.14. The summed E-state index contributed by atoms with van der Waals surface area (Å²) in [7, 11) is 0. The minimum Gasteiger partial charge on any atom is -0.339 e. The van der Waals surface area contributed by atoms with Crippen LogP contribution < -0.4 is 5.32 Å². The zero-order valence-electron chi connectivity index (χ0n) is 15.0. The fourth-order valence-corrected chi connectivity index (χ4v) is 4.16. The molecule has 4 aromatic rings. The molecular formula is C22H17N3O2S. The van der Waals surface area contributed by atoms with Crippen molar-refractivity contribution in [1.82, 2.24) is 10.1 Å². The smallest absolute Gasteiger partial charge is 0.227 e. The van der Waals surface area contributed by atoms with Crippen molar-refractivity contribution in [3.63, 3.8) is 0 Å². The highest BCUT2D eigenvalue weighted by Crippen LogP contribution is 2.37. The quantitative estimate of drug-likeness (QED) is 0.464. The predicted octanol–water partition coefficient (Wildman–Crippen LogP) is 4.94. The maximum absolute atomic E-state index is 12.4. The fourth-order valence-electron chi connectivity index (χ4n) is 3.51. The second-order valence-corrected chi connectivity index (χ2v) is 7.69. The lowest BCUT2D eigenvalue weighted by Crippen LogP contribution is -2.12. The lowest BCUT2D eigenvalue weighted by molar-refractivity contribution is -0.116. The molecule has 0 spiro atoms. The first-order valence-corrected chi connectivity index (χ1v) is 10.0. The third kappa shape index (κ3) is 3.23. The van der Waals surface area contributed by atoms with Crippen molar-refractivity contribution in [3.05, 3.63) is 77.0 Å². The number of anilines is 1. The molecule has 2 aromatic heterocycles. The van der Waals surface area contributed by atoms with Crippen molar-refractivity contribution >= 4 is 22.9 Å². The van der Waals surface area contributed by atoms with E-state index in [-0.39, 0.29) is 5.91 Å². The van der Waals surface area contributed by atoms with E-state index in [0.717, 1.165) is 17.0 Å². The lowest BCUT2D eigenvalue weighted by atomic mass is 10.1. The van der Waals surface area contributed by atoms with Crippen LogP contribution in [0.1, 0.15) is 23.4 Å². The lowest BCUT2D eigenvalue weighted by Gasteiger charge is -2.07. The normalized spacial score (nSPS) is 11.9. The second kappa shape index (κ2) is 7.05. The Morgan fingerprint density at radius 2 is 1.96 bits per heavy atom. The van der Waals surface area contributed by atoms with Crippen molar-refractivity contribution in [1.29, 1.82) is 0 Å². The molecule has 5 rings (SSSR count). The Balaban J connectivity index is 1.24. The number of thiophene rings is 1. The Morgan fingerprint density at radius 3 is 2.86 bits per heavy atom. The van der Waals surface area contributed by atoms with Gasteiger partial charge in [-0.05, 0) is 52.3 Å². The standard InChI is InChI=1S/C22H17N3O2S/c26-20(9-10-21-24-22(25-27-21)19-6-3-11-28-19)23-16-8-7-15-12-14-4-1-2-5-17(14)18(15)13-16/h1-8,11,13H,9-10,12H2,(H,23,26). The van der Waals surface area contributed by atoms with Crippen LogP contribution in [0.3, 0.4) is 0 Å². The van der Waals surface area contributed by atoms with Crippen LogP contribution in [0, 0.1) is 0 Å². The van der Waals surface area contributed by atoms with E-state index in [0.29, 0.717) is 24.6 Å². The van der Waals surface area contributed by atoms with Crippen molar-refractivity contribution in [2.45, 2.75) is 19.3 Å². The molecular weight excluding hydrogens is 370 g/mol. The molecule has 0 unspecified atom stereocenters. The number of nitrogens with one attached hydrogen (secondary N) is 1. The van der Waals surface area contributed by atoms with Crippen LogP contribution in [0.4, 0.5) is 5.69 Å². The van der Waals surface area contributed by atoms with Gasteiger partial charge in [0.05, 0.1) is 4.88 Å². The number of benzene rings is 2. The zero-order chi connectivity index (χ0) is 18.9. The maximum Gasteiger partial charge on any atom is 0.227 e. The summed E-state index contributed by atoms with van der Waals surface area (Å²) in [6.07, 6.45) is 1.65. The number of carbonyl (C=O) groups excluding carboxylic acids is 1. The third-order valence-electron chi connectivity index (χ3n) is 4.86. The first kappa shape index (κ1) is 16.9. The molecule has 138 valence electrons. The Labute approximate surface area is 166 Å². The average molecular weight is 387 g/mol. The highest BCUT2D eigenvalue weighted by Gasteiger charge is 2.18. The molecule has 5 nitrogen and oxygen atoms in total. The van der Waals surface area contributed by atoms with Gasteiger partial charge in [-0.2, -0.15) is 4.98 Å². The molecule has 0 radical (unpaired) electrons. The van der Waals surface area contributed by atoms with Gasteiger partial charge in [0.25, 0.3) is 0 Å². The van der Waals surface area contributed by atoms with Crippen molar-refractivity contribution in [2.75, 3.05) is 5.32 Å². The van der Waals surface area contributed by atoms with E-state index < -0.39 is 0 Å². The average Bonchev–Trinajstić information content (AvgIpc) is 3.45. The molecule has 0 atom stereocenters. The summed E-state index contributed by atoms with van der Waals surface area (Å²) in [6.45, 7) is 0. The Morgan fingerprint density at radius 1 is 1.07 bits per heavy atom. The van der Waals surface area contributed by atoms with E-state index in [1.165, 1.54) is 22.3 Å².